The Morgan fingerprint density at radius 3 is 2.50 bits per heavy atom. The second-order valence-electron chi connectivity index (χ2n) is 3.49. The zero-order valence-electron chi connectivity index (χ0n) is 8.85. The molecule has 1 aromatic carbocycles. The van der Waals surface area contributed by atoms with Gasteiger partial charge in [0.15, 0.2) is 5.78 Å². The number of alkyl halides is 1. The molecule has 2 rings (SSSR count). The lowest BCUT2D eigenvalue weighted by atomic mass is 10.1. The van der Waals surface area contributed by atoms with Crippen molar-refractivity contribution in [3.63, 3.8) is 0 Å². The lowest BCUT2D eigenvalue weighted by Crippen LogP contribution is -1.97. The second-order valence-corrected chi connectivity index (χ2v) is 4.05. The van der Waals surface area contributed by atoms with Crippen LogP contribution < -0.4 is 0 Å². The van der Waals surface area contributed by atoms with Crippen LogP contribution in [0, 0.1) is 0 Å². The Morgan fingerprint density at radius 1 is 1.31 bits per heavy atom. The number of halogens is 1. The van der Waals surface area contributed by atoms with Crippen molar-refractivity contribution in [2.24, 2.45) is 0 Å². The first-order chi connectivity index (χ1) is 7.70. The van der Waals surface area contributed by atoms with Crippen LogP contribution in [0.25, 0.3) is 5.69 Å². The highest BCUT2D eigenvalue weighted by Crippen LogP contribution is 2.11. The van der Waals surface area contributed by atoms with E-state index >= 15 is 0 Å². The van der Waals surface area contributed by atoms with Crippen LogP contribution in [0.3, 0.4) is 0 Å². The van der Waals surface area contributed by atoms with E-state index < -0.39 is 0 Å². The van der Waals surface area contributed by atoms with Crippen molar-refractivity contribution in [1.29, 1.82) is 0 Å². The molecule has 0 amide bonds. The van der Waals surface area contributed by atoms with Gasteiger partial charge in [-0.25, -0.2) is 4.68 Å². The smallest absolute Gasteiger partial charge is 0.159 e. The molecule has 0 saturated carbocycles. The van der Waals surface area contributed by atoms with E-state index in [0.717, 1.165) is 22.3 Å². The van der Waals surface area contributed by atoms with Crippen LogP contribution in [0.1, 0.15) is 23.0 Å². The highest BCUT2D eigenvalue weighted by atomic mass is 79.9. The maximum Gasteiger partial charge on any atom is 0.159 e. The summed E-state index contributed by atoms with van der Waals surface area (Å²) >= 11 is 3.35. The Bertz CT molecular complexity index is 502. The number of hydrogen-bond acceptors (Lipinski definition) is 2. The molecule has 0 atom stereocenters. The Morgan fingerprint density at radius 2 is 2.00 bits per heavy atom. The van der Waals surface area contributed by atoms with Crippen LogP contribution in [-0.4, -0.2) is 15.6 Å². The summed E-state index contributed by atoms with van der Waals surface area (Å²) in [7, 11) is 0. The first-order valence-electron chi connectivity index (χ1n) is 4.92. The number of benzene rings is 1. The average molecular weight is 279 g/mol. The van der Waals surface area contributed by atoms with Gasteiger partial charge in [0.25, 0.3) is 0 Å². The largest absolute Gasteiger partial charge is 0.295 e. The molecule has 4 heteroatoms. The van der Waals surface area contributed by atoms with Crippen molar-refractivity contribution < 1.29 is 4.79 Å². The van der Waals surface area contributed by atoms with Crippen LogP contribution in [0.15, 0.2) is 36.5 Å². The molecule has 0 aliphatic heterocycles. The number of aromatic nitrogens is 2. The van der Waals surface area contributed by atoms with E-state index in [1.807, 2.05) is 36.5 Å². The molecule has 82 valence electrons. The Kier molecular flexibility index (Phi) is 3.19. The van der Waals surface area contributed by atoms with Crippen LogP contribution in [-0.2, 0) is 5.33 Å². The van der Waals surface area contributed by atoms with Crippen molar-refractivity contribution >= 4 is 21.7 Å². The summed E-state index contributed by atoms with van der Waals surface area (Å²) < 4.78 is 1.79. The van der Waals surface area contributed by atoms with E-state index in [2.05, 4.69) is 21.0 Å². The summed E-state index contributed by atoms with van der Waals surface area (Å²) in [6.45, 7) is 1.56. The van der Waals surface area contributed by atoms with E-state index in [9.17, 15) is 4.79 Å². The second kappa shape index (κ2) is 4.61. The van der Waals surface area contributed by atoms with Gasteiger partial charge in [0, 0.05) is 17.1 Å². The Labute approximate surface area is 102 Å². The van der Waals surface area contributed by atoms with Crippen LogP contribution in [0.2, 0.25) is 0 Å². The van der Waals surface area contributed by atoms with E-state index in [1.54, 1.807) is 11.6 Å². The molecule has 0 aliphatic carbocycles. The van der Waals surface area contributed by atoms with Crippen molar-refractivity contribution in [3.8, 4) is 5.69 Å². The number of carbonyl (C=O) groups is 1. The van der Waals surface area contributed by atoms with Gasteiger partial charge in [0.05, 0.1) is 11.4 Å². The van der Waals surface area contributed by atoms with Crippen molar-refractivity contribution in [2.75, 3.05) is 0 Å². The normalized spacial score (nSPS) is 10.4. The molecule has 0 fully saturated rings. The van der Waals surface area contributed by atoms with Gasteiger partial charge in [0.1, 0.15) is 0 Å². The molecule has 0 aliphatic rings. The minimum Gasteiger partial charge on any atom is -0.295 e. The van der Waals surface area contributed by atoms with Crippen LogP contribution in [0.4, 0.5) is 0 Å². The highest BCUT2D eigenvalue weighted by molar-refractivity contribution is 9.08. The number of ketones is 1. The van der Waals surface area contributed by atoms with Crippen molar-refractivity contribution in [3.05, 3.63) is 47.8 Å². The topological polar surface area (TPSA) is 34.9 Å². The minimum absolute atomic E-state index is 0.0770. The number of carbonyl (C=O) groups excluding carboxylic acids is 1. The van der Waals surface area contributed by atoms with Gasteiger partial charge in [0.2, 0.25) is 0 Å². The fourth-order valence-corrected chi connectivity index (χ4v) is 1.72. The fourth-order valence-electron chi connectivity index (χ4n) is 1.43. The monoisotopic (exact) mass is 278 g/mol. The maximum atomic E-state index is 11.1. The van der Waals surface area contributed by atoms with Gasteiger partial charge >= 0.3 is 0 Å². The predicted molar refractivity (Wildman–Crippen MR) is 66.2 cm³/mol. The zero-order valence-corrected chi connectivity index (χ0v) is 10.4. The van der Waals surface area contributed by atoms with Crippen molar-refractivity contribution in [1.82, 2.24) is 9.78 Å². The molecule has 16 heavy (non-hydrogen) atoms. The number of rotatable bonds is 3. The predicted octanol–water partition coefficient (Wildman–Crippen LogP) is 2.97. The highest BCUT2D eigenvalue weighted by Gasteiger charge is 2.02. The minimum atomic E-state index is 0.0770. The zero-order chi connectivity index (χ0) is 11.5. The molecular formula is C12H11BrN2O. The lowest BCUT2D eigenvalue weighted by Gasteiger charge is -2.01. The molecule has 0 spiro atoms. The summed E-state index contributed by atoms with van der Waals surface area (Å²) in [5, 5.41) is 5.10. The molecule has 1 heterocycles. The molecule has 1 aromatic heterocycles. The van der Waals surface area contributed by atoms with Gasteiger partial charge in [-0.15, -0.1) is 0 Å². The molecule has 0 N–H and O–H groups in total. The number of Topliss-reactive ketones (excluding diaryl/α,β-unsaturated/α-hetero) is 1. The van der Waals surface area contributed by atoms with Gasteiger partial charge in [-0.2, -0.15) is 5.10 Å². The summed E-state index contributed by atoms with van der Waals surface area (Å²) in [5.41, 5.74) is 2.66. The third-order valence-corrected chi connectivity index (χ3v) is 2.89. The Balaban J connectivity index is 2.30. The summed E-state index contributed by atoms with van der Waals surface area (Å²) in [6.07, 6.45) is 1.90. The Hall–Kier alpha value is -1.42. The van der Waals surface area contributed by atoms with Gasteiger partial charge in [-0.3, -0.25) is 4.79 Å². The van der Waals surface area contributed by atoms with E-state index in [1.165, 1.54) is 0 Å². The summed E-state index contributed by atoms with van der Waals surface area (Å²) in [4.78, 5) is 11.1. The molecule has 2 aromatic rings. The third kappa shape index (κ3) is 2.22. The van der Waals surface area contributed by atoms with Gasteiger partial charge in [-0.05, 0) is 37.3 Å². The molecule has 3 nitrogen and oxygen atoms in total. The molecular weight excluding hydrogens is 268 g/mol. The van der Waals surface area contributed by atoms with Gasteiger partial charge < -0.3 is 0 Å². The van der Waals surface area contributed by atoms with Gasteiger partial charge in [-0.1, -0.05) is 15.9 Å². The molecule has 0 radical (unpaired) electrons. The van der Waals surface area contributed by atoms with E-state index in [0.29, 0.717) is 0 Å². The average Bonchev–Trinajstić information content (AvgIpc) is 2.77. The van der Waals surface area contributed by atoms with Crippen LogP contribution >= 0.6 is 15.9 Å². The van der Waals surface area contributed by atoms with E-state index in [4.69, 9.17) is 0 Å². The van der Waals surface area contributed by atoms with E-state index in [-0.39, 0.29) is 5.78 Å². The SMILES string of the molecule is CC(=O)c1ccc(-n2ccc(CBr)n2)cc1. The molecule has 0 bridgehead atoms. The quantitative estimate of drug-likeness (QED) is 0.639. The number of hydrogen-bond donors (Lipinski definition) is 0. The first kappa shape index (κ1) is 11.1. The molecule has 0 unspecified atom stereocenters. The summed E-state index contributed by atoms with van der Waals surface area (Å²) in [6, 6.07) is 9.36. The lowest BCUT2D eigenvalue weighted by molar-refractivity contribution is 0.101. The fraction of sp³-hybridized carbons (Fsp3) is 0.167. The molecule has 0 saturated heterocycles. The third-order valence-electron chi connectivity index (χ3n) is 2.32. The maximum absolute atomic E-state index is 11.1. The summed E-state index contributed by atoms with van der Waals surface area (Å²) in [5.74, 6) is 0.0770. The standard InChI is InChI=1S/C12H11BrN2O/c1-9(16)10-2-4-12(5-3-10)15-7-6-11(8-13)14-15/h2-7H,8H2,1H3. The van der Waals surface area contributed by atoms with Crippen LogP contribution in [0.5, 0.6) is 0 Å². The van der Waals surface area contributed by atoms with Crippen molar-refractivity contribution in [2.45, 2.75) is 12.3 Å². The first-order valence-corrected chi connectivity index (χ1v) is 6.05. The number of nitrogens with zero attached hydrogens (tertiary/aromatic N) is 2.